The third-order valence-electron chi connectivity index (χ3n) is 4.67. The van der Waals surface area contributed by atoms with Crippen LogP contribution in [0.4, 0.5) is 15.8 Å². The minimum absolute atomic E-state index is 0.219. The summed E-state index contributed by atoms with van der Waals surface area (Å²) in [6.45, 7) is 0.681. The molecular formula is C24H20FN3. The largest absolute Gasteiger partial charge is 0.339 e. The summed E-state index contributed by atoms with van der Waals surface area (Å²) in [4.78, 5) is 10.6. The first kappa shape index (κ1) is 17.9. The average molecular weight is 369 g/mol. The fraction of sp³-hybridized carbons (Fsp3) is 0.0833. The van der Waals surface area contributed by atoms with Crippen LogP contribution in [0.1, 0.15) is 5.56 Å². The van der Waals surface area contributed by atoms with Gasteiger partial charge in [-0.15, -0.1) is 0 Å². The summed E-state index contributed by atoms with van der Waals surface area (Å²) < 4.78 is 14.0. The molecule has 0 atom stereocenters. The van der Waals surface area contributed by atoms with Gasteiger partial charge in [0.2, 0.25) is 0 Å². The molecule has 0 bridgehead atoms. The average Bonchev–Trinajstić information content (AvgIpc) is 2.76. The fourth-order valence-corrected chi connectivity index (χ4v) is 3.33. The van der Waals surface area contributed by atoms with Crippen molar-refractivity contribution in [2.75, 3.05) is 11.4 Å². The molecule has 4 rings (SSSR count). The van der Waals surface area contributed by atoms with Crippen molar-refractivity contribution in [3.8, 4) is 11.1 Å². The quantitative estimate of drug-likeness (QED) is 0.439. The van der Waals surface area contributed by atoms with E-state index in [1.165, 1.54) is 6.07 Å². The van der Waals surface area contributed by atoms with E-state index in [2.05, 4.69) is 27.0 Å². The molecule has 2 aromatic heterocycles. The van der Waals surface area contributed by atoms with Gasteiger partial charge in [-0.25, -0.2) is 4.39 Å². The lowest BCUT2D eigenvalue weighted by molar-refractivity contribution is 0.625. The van der Waals surface area contributed by atoms with Crippen LogP contribution in [-0.2, 0) is 6.42 Å². The number of benzene rings is 2. The van der Waals surface area contributed by atoms with Gasteiger partial charge in [0.15, 0.2) is 0 Å². The Morgan fingerprint density at radius 1 is 0.750 bits per heavy atom. The van der Waals surface area contributed by atoms with Gasteiger partial charge in [0.25, 0.3) is 0 Å². The lowest BCUT2D eigenvalue weighted by atomic mass is 9.97. The molecule has 4 heteroatoms. The van der Waals surface area contributed by atoms with Crippen molar-refractivity contribution in [2.24, 2.45) is 0 Å². The Labute approximate surface area is 164 Å². The van der Waals surface area contributed by atoms with Gasteiger partial charge in [-0.3, -0.25) is 9.97 Å². The zero-order chi connectivity index (χ0) is 19.2. The third kappa shape index (κ3) is 4.07. The van der Waals surface area contributed by atoms with E-state index in [4.69, 9.17) is 0 Å². The molecule has 0 radical (unpaired) electrons. The minimum Gasteiger partial charge on any atom is -0.339 e. The lowest BCUT2D eigenvalue weighted by Gasteiger charge is -2.25. The van der Waals surface area contributed by atoms with Crippen LogP contribution in [0.5, 0.6) is 0 Å². The zero-order valence-electron chi connectivity index (χ0n) is 15.4. The Hall–Kier alpha value is -3.53. The molecule has 4 aromatic rings. The highest BCUT2D eigenvalue weighted by Crippen LogP contribution is 2.28. The van der Waals surface area contributed by atoms with Crippen molar-refractivity contribution < 1.29 is 4.39 Å². The first-order chi connectivity index (χ1) is 13.8. The van der Waals surface area contributed by atoms with Gasteiger partial charge in [-0.2, -0.15) is 0 Å². The van der Waals surface area contributed by atoms with Crippen molar-refractivity contribution in [1.82, 2.24) is 9.97 Å². The van der Waals surface area contributed by atoms with Gasteiger partial charge in [0, 0.05) is 18.9 Å². The normalized spacial score (nSPS) is 10.6. The van der Waals surface area contributed by atoms with E-state index < -0.39 is 0 Å². The summed E-state index contributed by atoms with van der Waals surface area (Å²) in [5, 5.41) is 0. The Kier molecular flexibility index (Phi) is 5.38. The molecule has 0 aliphatic rings. The number of hydrogen-bond acceptors (Lipinski definition) is 3. The molecule has 0 amide bonds. The number of anilines is 2. The molecule has 0 N–H and O–H groups in total. The summed E-state index contributed by atoms with van der Waals surface area (Å²) in [6, 6.07) is 23.0. The van der Waals surface area contributed by atoms with Crippen LogP contribution in [0, 0.1) is 5.82 Å². The Morgan fingerprint density at radius 3 is 2.04 bits per heavy atom. The molecule has 28 heavy (non-hydrogen) atoms. The lowest BCUT2D eigenvalue weighted by Crippen LogP contribution is -2.20. The second-order valence-corrected chi connectivity index (χ2v) is 6.49. The molecule has 0 aliphatic carbocycles. The van der Waals surface area contributed by atoms with E-state index in [1.54, 1.807) is 18.5 Å². The van der Waals surface area contributed by atoms with Crippen LogP contribution in [0.3, 0.4) is 0 Å². The van der Waals surface area contributed by atoms with Crippen LogP contribution < -0.4 is 4.90 Å². The molecule has 2 heterocycles. The highest BCUT2D eigenvalue weighted by molar-refractivity contribution is 5.68. The second kappa shape index (κ2) is 8.44. The highest BCUT2D eigenvalue weighted by Gasteiger charge is 2.13. The highest BCUT2D eigenvalue weighted by atomic mass is 19.1. The Morgan fingerprint density at radius 2 is 1.43 bits per heavy atom. The Balaban J connectivity index is 1.66. The third-order valence-corrected chi connectivity index (χ3v) is 4.67. The monoisotopic (exact) mass is 369 g/mol. The maximum atomic E-state index is 14.0. The number of nitrogens with zero attached hydrogens (tertiary/aromatic N) is 3. The summed E-state index contributed by atoms with van der Waals surface area (Å²) in [5.74, 6) is -0.219. The van der Waals surface area contributed by atoms with E-state index in [0.717, 1.165) is 28.1 Å². The number of rotatable bonds is 6. The molecular weight excluding hydrogens is 349 g/mol. The van der Waals surface area contributed by atoms with Gasteiger partial charge in [-0.1, -0.05) is 36.4 Å². The van der Waals surface area contributed by atoms with Crippen molar-refractivity contribution in [3.05, 3.63) is 109 Å². The zero-order valence-corrected chi connectivity index (χ0v) is 15.4. The van der Waals surface area contributed by atoms with E-state index in [9.17, 15) is 4.39 Å². The molecule has 0 spiro atoms. The van der Waals surface area contributed by atoms with Crippen molar-refractivity contribution in [3.63, 3.8) is 0 Å². The second-order valence-electron chi connectivity index (χ2n) is 6.49. The van der Waals surface area contributed by atoms with Crippen molar-refractivity contribution in [2.45, 2.75) is 6.42 Å². The smallest absolute Gasteiger partial charge is 0.123 e. The maximum absolute atomic E-state index is 14.0. The van der Waals surface area contributed by atoms with Gasteiger partial charge in [0.05, 0.1) is 23.8 Å². The standard InChI is InChI=1S/C24H20FN3/c25-21-10-11-24(19-6-2-1-3-7-19)20(16-21)12-15-28(22-8-4-13-26-17-22)23-9-5-14-27-18-23/h1-11,13-14,16-18H,12,15H2. The number of halogens is 1. The van der Waals surface area contributed by atoms with Gasteiger partial charge >= 0.3 is 0 Å². The topological polar surface area (TPSA) is 29.0 Å². The van der Waals surface area contributed by atoms with Crippen LogP contribution in [0.15, 0.2) is 97.6 Å². The summed E-state index contributed by atoms with van der Waals surface area (Å²) in [6.07, 6.45) is 7.86. The van der Waals surface area contributed by atoms with Gasteiger partial charge in [-0.05, 0) is 59.5 Å². The van der Waals surface area contributed by atoms with Gasteiger partial charge in [0.1, 0.15) is 5.82 Å². The predicted molar refractivity (Wildman–Crippen MR) is 111 cm³/mol. The Bertz CT molecular complexity index is 982. The minimum atomic E-state index is -0.219. The molecule has 0 saturated carbocycles. The fourth-order valence-electron chi connectivity index (χ4n) is 3.33. The van der Waals surface area contributed by atoms with E-state index >= 15 is 0 Å². The molecule has 2 aromatic carbocycles. The maximum Gasteiger partial charge on any atom is 0.123 e. The molecule has 0 saturated heterocycles. The van der Waals surface area contributed by atoms with Crippen molar-refractivity contribution in [1.29, 1.82) is 0 Å². The summed E-state index contributed by atoms with van der Waals surface area (Å²) in [5.41, 5.74) is 5.08. The first-order valence-corrected chi connectivity index (χ1v) is 9.23. The van der Waals surface area contributed by atoms with E-state index in [0.29, 0.717) is 13.0 Å². The van der Waals surface area contributed by atoms with Crippen LogP contribution in [0.25, 0.3) is 11.1 Å². The molecule has 138 valence electrons. The van der Waals surface area contributed by atoms with Crippen LogP contribution in [0.2, 0.25) is 0 Å². The summed E-state index contributed by atoms with van der Waals surface area (Å²) in [7, 11) is 0. The number of pyridine rings is 2. The predicted octanol–water partition coefficient (Wildman–Crippen LogP) is 5.66. The van der Waals surface area contributed by atoms with E-state index in [1.807, 2.05) is 60.9 Å². The first-order valence-electron chi connectivity index (χ1n) is 9.23. The number of hydrogen-bond donors (Lipinski definition) is 0. The molecule has 0 unspecified atom stereocenters. The molecule has 0 aliphatic heterocycles. The number of aromatic nitrogens is 2. The van der Waals surface area contributed by atoms with E-state index in [-0.39, 0.29) is 5.82 Å². The van der Waals surface area contributed by atoms with Crippen LogP contribution >= 0.6 is 0 Å². The molecule has 3 nitrogen and oxygen atoms in total. The molecule has 0 fully saturated rings. The van der Waals surface area contributed by atoms with Gasteiger partial charge < -0.3 is 4.90 Å². The van der Waals surface area contributed by atoms with Crippen molar-refractivity contribution >= 4 is 11.4 Å². The summed E-state index contributed by atoms with van der Waals surface area (Å²) >= 11 is 0. The van der Waals surface area contributed by atoms with Crippen LogP contribution in [-0.4, -0.2) is 16.5 Å². The SMILES string of the molecule is Fc1ccc(-c2ccccc2)c(CCN(c2cccnc2)c2cccnc2)c1.